The van der Waals surface area contributed by atoms with Crippen LogP contribution < -0.4 is 4.90 Å². The fraction of sp³-hybridized carbons (Fsp3) is 0.500. The second-order valence-corrected chi connectivity index (χ2v) is 3.82. The third kappa shape index (κ3) is 1.55. The SMILES string of the molecule is CCN1CCCc2ccc(C)cc21. The average molecular weight is 175 g/mol. The summed E-state index contributed by atoms with van der Waals surface area (Å²) in [6, 6.07) is 6.82. The van der Waals surface area contributed by atoms with E-state index in [1.807, 2.05) is 0 Å². The minimum absolute atomic E-state index is 1.14. The zero-order valence-electron chi connectivity index (χ0n) is 8.51. The molecule has 13 heavy (non-hydrogen) atoms. The Kier molecular flexibility index (Phi) is 2.26. The number of nitrogens with zero attached hydrogens (tertiary/aromatic N) is 1. The number of anilines is 1. The van der Waals surface area contributed by atoms with Crippen molar-refractivity contribution in [2.24, 2.45) is 0 Å². The standard InChI is InChI=1S/C12H17N/c1-3-13-8-4-5-11-7-6-10(2)9-12(11)13/h6-7,9H,3-5,8H2,1-2H3. The molecule has 1 aliphatic heterocycles. The summed E-state index contributed by atoms with van der Waals surface area (Å²) < 4.78 is 0. The average Bonchev–Trinajstić information content (AvgIpc) is 2.17. The van der Waals surface area contributed by atoms with Crippen LogP contribution in [0.4, 0.5) is 5.69 Å². The Morgan fingerprint density at radius 1 is 1.38 bits per heavy atom. The number of hydrogen-bond acceptors (Lipinski definition) is 1. The van der Waals surface area contributed by atoms with Gasteiger partial charge in [0.25, 0.3) is 0 Å². The van der Waals surface area contributed by atoms with Gasteiger partial charge < -0.3 is 4.90 Å². The Morgan fingerprint density at radius 2 is 2.23 bits per heavy atom. The second kappa shape index (κ2) is 3.41. The van der Waals surface area contributed by atoms with Gasteiger partial charge >= 0.3 is 0 Å². The van der Waals surface area contributed by atoms with Gasteiger partial charge in [-0.05, 0) is 43.9 Å². The molecule has 0 radical (unpaired) electrons. The summed E-state index contributed by atoms with van der Waals surface area (Å²) in [5.74, 6) is 0. The van der Waals surface area contributed by atoms with Crippen LogP contribution >= 0.6 is 0 Å². The lowest BCUT2D eigenvalue weighted by Crippen LogP contribution is -2.28. The van der Waals surface area contributed by atoms with Gasteiger partial charge in [0.05, 0.1) is 0 Å². The molecule has 0 bridgehead atoms. The zero-order chi connectivity index (χ0) is 9.26. The van der Waals surface area contributed by atoms with Crippen LogP contribution in [-0.4, -0.2) is 13.1 Å². The molecule has 0 saturated carbocycles. The molecule has 0 aromatic heterocycles. The molecule has 70 valence electrons. The summed E-state index contributed by atoms with van der Waals surface area (Å²) >= 11 is 0. The zero-order valence-corrected chi connectivity index (χ0v) is 8.51. The normalized spacial score (nSPS) is 15.7. The molecule has 0 fully saturated rings. The van der Waals surface area contributed by atoms with Crippen molar-refractivity contribution in [3.05, 3.63) is 29.3 Å². The summed E-state index contributed by atoms with van der Waals surface area (Å²) in [6.07, 6.45) is 2.57. The topological polar surface area (TPSA) is 3.24 Å². The predicted octanol–water partition coefficient (Wildman–Crippen LogP) is 2.77. The first-order valence-electron chi connectivity index (χ1n) is 5.15. The van der Waals surface area contributed by atoms with E-state index >= 15 is 0 Å². The Hall–Kier alpha value is -0.980. The smallest absolute Gasteiger partial charge is 0.0401 e. The van der Waals surface area contributed by atoms with Gasteiger partial charge in [-0.2, -0.15) is 0 Å². The van der Waals surface area contributed by atoms with Gasteiger partial charge in [-0.25, -0.2) is 0 Å². The van der Waals surface area contributed by atoms with E-state index in [9.17, 15) is 0 Å². The lowest BCUT2D eigenvalue weighted by Gasteiger charge is -2.30. The Labute approximate surface area is 80.4 Å². The minimum Gasteiger partial charge on any atom is -0.372 e. The molecule has 1 nitrogen and oxygen atoms in total. The monoisotopic (exact) mass is 175 g/mol. The van der Waals surface area contributed by atoms with Gasteiger partial charge in [-0.1, -0.05) is 12.1 Å². The number of hydrogen-bond donors (Lipinski definition) is 0. The van der Waals surface area contributed by atoms with Gasteiger partial charge in [0.15, 0.2) is 0 Å². The number of aryl methyl sites for hydroxylation is 2. The molecule has 0 spiro atoms. The van der Waals surface area contributed by atoms with Crippen molar-refractivity contribution in [3.63, 3.8) is 0 Å². The van der Waals surface area contributed by atoms with Gasteiger partial charge in [0, 0.05) is 18.8 Å². The maximum Gasteiger partial charge on any atom is 0.0401 e. The van der Waals surface area contributed by atoms with E-state index in [0.29, 0.717) is 0 Å². The number of benzene rings is 1. The van der Waals surface area contributed by atoms with Crippen molar-refractivity contribution in [1.29, 1.82) is 0 Å². The Morgan fingerprint density at radius 3 is 3.00 bits per heavy atom. The van der Waals surface area contributed by atoms with E-state index in [4.69, 9.17) is 0 Å². The summed E-state index contributed by atoms with van der Waals surface area (Å²) in [7, 11) is 0. The second-order valence-electron chi connectivity index (χ2n) is 3.82. The lowest BCUT2D eigenvalue weighted by atomic mass is 10.00. The molecule has 0 atom stereocenters. The summed E-state index contributed by atoms with van der Waals surface area (Å²) in [4.78, 5) is 2.48. The highest BCUT2D eigenvalue weighted by Crippen LogP contribution is 2.27. The molecule has 0 amide bonds. The molecular formula is C12H17N. The van der Waals surface area contributed by atoms with E-state index < -0.39 is 0 Å². The molecule has 0 unspecified atom stereocenters. The van der Waals surface area contributed by atoms with Crippen molar-refractivity contribution in [3.8, 4) is 0 Å². The van der Waals surface area contributed by atoms with Crippen molar-refractivity contribution < 1.29 is 0 Å². The molecule has 2 rings (SSSR count). The largest absolute Gasteiger partial charge is 0.372 e. The van der Waals surface area contributed by atoms with E-state index in [2.05, 4.69) is 36.9 Å². The van der Waals surface area contributed by atoms with Gasteiger partial charge in [-0.3, -0.25) is 0 Å². The maximum atomic E-state index is 2.48. The summed E-state index contributed by atoms with van der Waals surface area (Å²) in [5, 5.41) is 0. The van der Waals surface area contributed by atoms with Gasteiger partial charge in [0.2, 0.25) is 0 Å². The summed E-state index contributed by atoms with van der Waals surface area (Å²) in [6.45, 7) is 6.77. The quantitative estimate of drug-likeness (QED) is 0.634. The van der Waals surface area contributed by atoms with Crippen molar-refractivity contribution in [2.45, 2.75) is 26.7 Å². The van der Waals surface area contributed by atoms with Crippen LogP contribution in [0.1, 0.15) is 24.5 Å². The van der Waals surface area contributed by atoms with E-state index in [0.717, 1.165) is 6.54 Å². The van der Waals surface area contributed by atoms with E-state index in [1.54, 1.807) is 0 Å². The molecular weight excluding hydrogens is 158 g/mol. The Balaban J connectivity index is 2.41. The first kappa shape index (κ1) is 8.61. The number of fused-ring (bicyclic) bond motifs is 1. The van der Waals surface area contributed by atoms with Crippen LogP contribution in [0.25, 0.3) is 0 Å². The molecule has 0 saturated heterocycles. The van der Waals surface area contributed by atoms with E-state index in [1.165, 1.54) is 36.2 Å². The maximum absolute atomic E-state index is 2.48. The van der Waals surface area contributed by atoms with Gasteiger partial charge in [-0.15, -0.1) is 0 Å². The number of rotatable bonds is 1. The lowest BCUT2D eigenvalue weighted by molar-refractivity contribution is 0.707. The highest BCUT2D eigenvalue weighted by atomic mass is 15.1. The highest BCUT2D eigenvalue weighted by molar-refractivity contribution is 5.56. The molecule has 1 aliphatic rings. The molecule has 1 aromatic carbocycles. The molecule has 0 N–H and O–H groups in total. The van der Waals surface area contributed by atoms with Crippen LogP contribution in [0.5, 0.6) is 0 Å². The van der Waals surface area contributed by atoms with Crippen LogP contribution in [0.2, 0.25) is 0 Å². The van der Waals surface area contributed by atoms with Crippen molar-refractivity contribution in [2.75, 3.05) is 18.0 Å². The van der Waals surface area contributed by atoms with Crippen molar-refractivity contribution >= 4 is 5.69 Å². The molecule has 1 aromatic rings. The predicted molar refractivity (Wildman–Crippen MR) is 57.4 cm³/mol. The van der Waals surface area contributed by atoms with Crippen LogP contribution in [0.15, 0.2) is 18.2 Å². The van der Waals surface area contributed by atoms with Crippen LogP contribution in [0.3, 0.4) is 0 Å². The van der Waals surface area contributed by atoms with Gasteiger partial charge in [0.1, 0.15) is 0 Å². The molecule has 1 heterocycles. The molecule has 1 heteroatoms. The van der Waals surface area contributed by atoms with E-state index in [-0.39, 0.29) is 0 Å². The first-order valence-corrected chi connectivity index (χ1v) is 5.15. The fourth-order valence-corrected chi connectivity index (χ4v) is 2.09. The third-order valence-electron chi connectivity index (χ3n) is 2.84. The Bertz CT molecular complexity index is 304. The molecule has 0 aliphatic carbocycles. The van der Waals surface area contributed by atoms with Crippen LogP contribution in [-0.2, 0) is 6.42 Å². The minimum atomic E-state index is 1.14. The van der Waals surface area contributed by atoms with Crippen molar-refractivity contribution in [1.82, 2.24) is 0 Å². The fourth-order valence-electron chi connectivity index (χ4n) is 2.09. The van der Waals surface area contributed by atoms with Crippen LogP contribution in [0, 0.1) is 6.92 Å². The first-order chi connectivity index (χ1) is 6.31. The third-order valence-corrected chi connectivity index (χ3v) is 2.84. The summed E-state index contributed by atoms with van der Waals surface area (Å²) in [5.41, 5.74) is 4.37. The highest BCUT2D eigenvalue weighted by Gasteiger charge is 2.14.